The summed E-state index contributed by atoms with van der Waals surface area (Å²) in [4.78, 5) is 0. The van der Waals surface area contributed by atoms with E-state index in [1.807, 2.05) is 12.1 Å². The van der Waals surface area contributed by atoms with E-state index in [-0.39, 0.29) is 0 Å². The summed E-state index contributed by atoms with van der Waals surface area (Å²) in [5, 5.41) is 14.9. The zero-order valence-corrected chi connectivity index (χ0v) is 12.0. The molecule has 1 aliphatic carbocycles. The van der Waals surface area contributed by atoms with E-state index in [0.29, 0.717) is 6.04 Å². The lowest BCUT2D eigenvalue weighted by atomic mass is 9.80. The summed E-state index contributed by atoms with van der Waals surface area (Å²) in [6.45, 7) is 4.69. The maximum absolute atomic E-state index is 3.89. The summed E-state index contributed by atoms with van der Waals surface area (Å²) in [6.07, 6.45) is 5.54. The van der Waals surface area contributed by atoms with Gasteiger partial charge in [0.2, 0.25) is 0 Å². The van der Waals surface area contributed by atoms with Crippen LogP contribution in [0.2, 0.25) is 0 Å². The van der Waals surface area contributed by atoms with Crippen molar-refractivity contribution in [1.82, 2.24) is 20.2 Å². The standard InChI is InChI=1S/C15H21N5/c1-11-3-4-12(2)15(9-11)17-13-5-7-14(8-6-13)20-10-16-18-19-20/h5-8,10-12,15,17H,3-4,9H2,1-2H3. The largest absolute Gasteiger partial charge is 0.382 e. The molecule has 1 N–H and O–H groups in total. The second-order valence-electron chi connectivity index (χ2n) is 5.95. The molecule has 3 unspecified atom stereocenters. The van der Waals surface area contributed by atoms with Crippen LogP contribution in [-0.4, -0.2) is 26.2 Å². The van der Waals surface area contributed by atoms with Crippen LogP contribution in [0.5, 0.6) is 0 Å². The molecule has 0 amide bonds. The first-order valence-corrected chi connectivity index (χ1v) is 7.32. The van der Waals surface area contributed by atoms with Crippen molar-refractivity contribution in [3.05, 3.63) is 30.6 Å². The molecular weight excluding hydrogens is 250 g/mol. The number of anilines is 1. The Morgan fingerprint density at radius 2 is 1.95 bits per heavy atom. The highest BCUT2D eigenvalue weighted by atomic mass is 15.5. The molecule has 5 nitrogen and oxygen atoms in total. The molecule has 1 aromatic carbocycles. The van der Waals surface area contributed by atoms with Gasteiger partial charge in [-0.3, -0.25) is 0 Å². The van der Waals surface area contributed by atoms with Gasteiger partial charge in [0.1, 0.15) is 6.33 Å². The number of nitrogens with zero attached hydrogens (tertiary/aromatic N) is 4. The Morgan fingerprint density at radius 1 is 1.15 bits per heavy atom. The third-order valence-electron chi connectivity index (χ3n) is 4.29. The fourth-order valence-electron chi connectivity index (χ4n) is 2.94. The van der Waals surface area contributed by atoms with E-state index in [1.165, 1.54) is 24.9 Å². The van der Waals surface area contributed by atoms with Crippen molar-refractivity contribution in [2.75, 3.05) is 5.32 Å². The number of aromatic nitrogens is 4. The predicted octanol–water partition coefficient (Wildman–Crippen LogP) is 2.90. The van der Waals surface area contributed by atoms with E-state index in [4.69, 9.17) is 0 Å². The highest BCUT2D eigenvalue weighted by Gasteiger charge is 2.25. The fraction of sp³-hybridized carbons (Fsp3) is 0.533. The van der Waals surface area contributed by atoms with Crippen LogP contribution in [0.1, 0.15) is 33.1 Å². The molecule has 0 bridgehead atoms. The number of rotatable bonds is 3. The van der Waals surface area contributed by atoms with Gasteiger partial charge >= 0.3 is 0 Å². The Hall–Kier alpha value is -1.91. The van der Waals surface area contributed by atoms with Crippen molar-refractivity contribution in [1.29, 1.82) is 0 Å². The van der Waals surface area contributed by atoms with Gasteiger partial charge in [-0.05, 0) is 59.4 Å². The van der Waals surface area contributed by atoms with Crippen LogP contribution in [0.3, 0.4) is 0 Å². The Kier molecular flexibility index (Phi) is 3.67. The SMILES string of the molecule is CC1CCC(C)C(Nc2ccc(-n3cnnn3)cc2)C1. The molecule has 3 atom stereocenters. The number of hydrogen-bond acceptors (Lipinski definition) is 4. The molecule has 1 aromatic heterocycles. The molecule has 2 aromatic rings. The quantitative estimate of drug-likeness (QED) is 0.932. The van der Waals surface area contributed by atoms with Gasteiger partial charge in [-0.25, -0.2) is 4.68 Å². The Bertz CT molecular complexity index is 534. The summed E-state index contributed by atoms with van der Waals surface area (Å²) < 4.78 is 1.66. The smallest absolute Gasteiger partial charge is 0.143 e. The minimum Gasteiger partial charge on any atom is -0.382 e. The van der Waals surface area contributed by atoms with Gasteiger partial charge in [-0.1, -0.05) is 20.3 Å². The van der Waals surface area contributed by atoms with Crippen molar-refractivity contribution in [3.8, 4) is 5.69 Å². The van der Waals surface area contributed by atoms with E-state index in [1.54, 1.807) is 11.0 Å². The highest BCUT2D eigenvalue weighted by Crippen LogP contribution is 2.30. The molecule has 1 fully saturated rings. The second-order valence-corrected chi connectivity index (χ2v) is 5.95. The average molecular weight is 271 g/mol. The first kappa shape index (κ1) is 13.1. The van der Waals surface area contributed by atoms with Crippen molar-refractivity contribution < 1.29 is 0 Å². The van der Waals surface area contributed by atoms with E-state index >= 15 is 0 Å². The van der Waals surface area contributed by atoms with Gasteiger partial charge in [0.25, 0.3) is 0 Å². The lowest BCUT2D eigenvalue weighted by molar-refractivity contribution is 0.281. The van der Waals surface area contributed by atoms with Crippen LogP contribution in [0, 0.1) is 11.8 Å². The molecule has 5 heteroatoms. The third-order valence-corrected chi connectivity index (χ3v) is 4.29. The molecular formula is C15H21N5. The van der Waals surface area contributed by atoms with E-state index in [0.717, 1.165) is 17.5 Å². The number of benzene rings is 1. The number of tetrazole rings is 1. The van der Waals surface area contributed by atoms with Gasteiger partial charge in [0.15, 0.2) is 0 Å². The average Bonchev–Trinajstić information content (AvgIpc) is 2.98. The zero-order valence-electron chi connectivity index (χ0n) is 12.0. The molecule has 3 rings (SSSR count). The van der Waals surface area contributed by atoms with Crippen LogP contribution in [0.25, 0.3) is 5.69 Å². The third kappa shape index (κ3) is 2.81. The van der Waals surface area contributed by atoms with Crippen LogP contribution in [0.15, 0.2) is 30.6 Å². The molecule has 106 valence electrons. The summed E-state index contributed by atoms with van der Waals surface area (Å²) in [5.41, 5.74) is 2.15. The molecule has 1 saturated carbocycles. The molecule has 1 heterocycles. The number of hydrogen-bond donors (Lipinski definition) is 1. The Morgan fingerprint density at radius 3 is 2.65 bits per heavy atom. The molecule has 0 saturated heterocycles. The second kappa shape index (κ2) is 5.61. The van der Waals surface area contributed by atoms with Crippen molar-refractivity contribution in [2.24, 2.45) is 11.8 Å². The van der Waals surface area contributed by atoms with Gasteiger partial charge in [-0.15, -0.1) is 5.10 Å². The maximum atomic E-state index is 3.89. The van der Waals surface area contributed by atoms with Crippen molar-refractivity contribution in [3.63, 3.8) is 0 Å². The van der Waals surface area contributed by atoms with Crippen LogP contribution in [-0.2, 0) is 0 Å². The first-order valence-electron chi connectivity index (χ1n) is 7.32. The first-order chi connectivity index (χ1) is 9.72. The molecule has 0 radical (unpaired) electrons. The van der Waals surface area contributed by atoms with Crippen molar-refractivity contribution in [2.45, 2.75) is 39.2 Å². The van der Waals surface area contributed by atoms with E-state index < -0.39 is 0 Å². The minimum absolute atomic E-state index is 0.581. The topological polar surface area (TPSA) is 55.6 Å². The van der Waals surface area contributed by atoms with Gasteiger partial charge in [0.05, 0.1) is 5.69 Å². The van der Waals surface area contributed by atoms with E-state index in [9.17, 15) is 0 Å². The monoisotopic (exact) mass is 271 g/mol. The molecule has 1 aliphatic rings. The highest BCUT2D eigenvalue weighted by molar-refractivity contribution is 5.49. The fourth-order valence-corrected chi connectivity index (χ4v) is 2.94. The zero-order chi connectivity index (χ0) is 13.9. The molecule has 20 heavy (non-hydrogen) atoms. The molecule has 0 aliphatic heterocycles. The summed E-state index contributed by atoms with van der Waals surface area (Å²) in [6, 6.07) is 8.86. The van der Waals surface area contributed by atoms with Crippen LogP contribution >= 0.6 is 0 Å². The minimum atomic E-state index is 0.581. The van der Waals surface area contributed by atoms with Crippen LogP contribution < -0.4 is 5.32 Å². The van der Waals surface area contributed by atoms with Gasteiger partial charge in [0, 0.05) is 11.7 Å². The van der Waals surface area contributed by atoms with Gasteiger partial charge in [-0.2, -0.15) is 0 Å². The summed E-state index contributed by atoms with van der Waals surface area (Å²) >= 11 is 0. The summed E-state index contributed by atoms with van der Waals surface area (Å²) in [5.74, 6) is 1.56. The van der Waals surface area contributed by atoms with E-state index in [2.05, 4.69) is 46.8 Å². The molecule has 0 spiro atoms. The lowest BCUT2D eigenvalue weighted by Gasteiger charge is -2.34. The summed E-state index contributed by atoms with van der Waals surface area (Å²) in [7, 11) is 0. The Balaban J connectivity index is 1.69. The van der Waals surface area contributed by atoms with Crippen LogP contribution in [0.4, 0.5) is 5.69 Å². The van der Waals surface area contributed by atoms with Crippen molar-refractivity contribution >= 4 is 5.69 Å². The predicted molar refractivity (Wildman–Crippen MR) is 78.7 cm³/mol. The number of nitrogens with one attached hydrogen (secondary N) is 1. The lowest BCUT2D eigenvalue weighted by Crippen LogP contribution is -2.33. The normalized spacial score (nSPS) is 26.4. The van der Waals surface area contributed by atoms with Gasteiger partial charge < -0.3 is 5.32 Å². The Labute approximate surface area is 119 Å². The maximum Gasteiger partial charge on any atom is 0.143 e.